The molecule has 3 aliphatic heterocycles. The molecule has 6 atom stereocenters. The van der Waals surface area contributed by atoms with Gasteiger partial charge in [0.2, 0.25) is 5.79 Å². The fourth-order valence-electron chi connectivity index (χ4n) is 8.42. The number of hydrogen-bond donors (Lipinski definition) is 0. The van der Waals surface area contributed by atoms with Gasteiger partial charge in [-0.05, 0) is 57.8 Å². The van der Waals surface area contributed by atoms with Crippen molar-refractivity contribution in [1.29, 1.82) is 0 Å². The molecule has 1 spiro atoms. The number of hydrogen-bond acceptors (Lipinski definition) is 11. The molecule has 5 aliphatic rings. The van der Waals surface area contributed by atoms with Crippen LogP contribution in [-0.2, 0) is 52.3 Å². The van der Waals surface area contributed by atoms with Gasteiger partial charge in [0.15, 0.2) is 5.79 Å². The third-order valence-electron chi connectivity index (χ3n) is 10.5. The minimum Gasteiger partial charge on any atom is -0.469 e. The topological polar surface area (TPSA) is 133 Å². The lowest BCUT2D eigenvalue weighted by Crippen LogP contribution is -2.63. The van der Waals surface area contributed by atoms with Gasteiger partial charge in [-0.1, -0.05) is 43.2 Å². The predicted octanol–water partition coefficient (Wildman–Crippen LogP) is 5.04. The first-order valence-corrected chi connectivity index (χ1v) is 16.8. The van der Waals surface area contributed by atoms with E-state index in [1.165, 1.54) is 21.3 Å². The van der Waals surface area contributed by atoms with Crippen molar-refractivity contribution in [3.05, 3.63) is 47.1 Å². The third kappa shape index (κ3) is 6.10. The lowest BCUT2D eigenvalue weighted by molar-refractivity contribution is -0.337. The molecule has 258 valence electrons. The lowest BCUT2D eigenvalue weighted by Gasteiger charge is -2.55. The summed E-state index contributed by atoms with van der Waals surface area (Å²) in [5.41, 5.74) is -1.20. The first-order chi connectivity index (χ1) is 22.7. The summed E-state index contributed by atoms with van der Waals surface area (Å²) in [7, 11) is 3.71. The van der Waals surface area contributed by atoms with Crippen molar-refractivity contribution in [1.82, 2.24) is 0 Å². The van der Waals surface area contributed by atoms with E-state index in [-0.39, 0.29) is 29.4 Å². The predicted molar refractivity (Wildman–Crippen MR) is 168 cm³/mol. The molecule has 11 heteroatoms. The number of carbonyl (C=O) groups is 4. The summed E-state index contributed by atoms with van der Waals surface area (Å²) in [4.78, 5) is 54.7. The Bertz CT molecular complexity index is 1350. The highest BCUT2D eigenvalue weighted by molar-refractivity contribution is 6.04. The van der Waals surface area contributed by atoms with Crippen molar-refractivity contribution in [3.8, 4) is 0 Å². The van der Waals surface area contributed by atoms with Gasteiger partial charge < -0.3 is 33.2 Å². The van der Waals surface area contributed by atoms with Gasteiger partial charge in [-0.15, -0.1) is 0 Å². The summed E-state index contributed by atoms with van der Waals surface area (Å²) in [6, 6.07) is 0. The first kappa shape index (κ1) is 35.0. The maximum atomic E-state index is 14.3. The average Bonchev–Trinajstić information content (AvgIpc) is 3.61. The van der Waals surface area contributed by atoms with Crippen LogP contribution < -0.4 is 0 Å². The minimum atomic E-state index is -1.80. The van der Waals surface area contributed by atoms with Crippen LogP contribution in [0.5, 0.6) is 0 Å². The van der Waals surface area contributed by atoms with Gasteiger partial charge in [-0.3, -0.25) is 9.59 Å². The molecule has 0 saturated carbocycles. The highest BCUT2D eigenvalue weighted by Gasteiger charge is 2.75. The zero-order chi connectivity index (χ0) is 33.8. The van der Waals surface area contributed by atoms with Crippen LogP contribution in [0.2, 0.25) is 0 Å². The van der Waals surface area contributed by atoms with Gasteiger partial charge in [-0.25, -0.2) is 9.59 Å². The molecular weight excluding hydrogens is 608 g/mol. The number of ether oxygens (including phenoxy) is 7. The number of methoxy groups -OCH3 is 3. The van der Waals surface area contributed by atoms with E-state index in [1.807, 2.05) is 38.2 Å². The van der Waals surface area contributed by atoms with Crippen molar-refractivity contribution in [2.24, 2.45) is 23.2 Å². The van der Waals surface area contributed by atoms with E-state index in [0.717, 1.165) is 32.1 Å². The number of unbranched alkanes of at least 4 members (excludes halogenated alkanes) is 3. The van der Waals surface area contributed by atoms with Gasteiger partial charge >= 0.3 is 23.9 Å². The van der Waals surface area contributed by atoms with Crippen molar-refractivity contribution in [2.75, 3.05) is 34.5 Å². The maximum absolute atomic E-state index is 14.3. The van der Waals surface area contributed by atoms with Gasteiger partial charge in [0.25, 0.3) is 0 Å². The molecule has 2 aliphatic carbocycles. The molecule has 0 N–H and O–H groups in total. The van der Waals surface area contributed by atoms with Crippen molar-refractivity contribution in [3.63, 3.8) is 0 Å². The van der Waals surface area contributed by atoms with Crippen LogP contribution in [-0.4, -0.2) is 76.1 Å². The Hall–Kier alpha value is -3.28. The van der Waals surface area contributed by atoms with Crippen molar-refractivity contribution in [2.45, 2.75) is 95.7 Å². The molecule has 0 radical (unpaired) electrons. The lowest BCUT2D eigenvalue weighted by atomic mass is 9.59. The summed E-state index contributed by atoms with van der Waals surface area (Å²) < 4.78 is 41.5. The summed E-state index contributed by atoms with van der Waals surface area (Å²) in [5, 5.41) is 0. The van der Waals surface area contributed by atoms with Gasteiger partial charge in [0, 0.05) is 24.0 Å². The fourth-order valence-corrected chi connectivity index (χ4v) is 8.42. The molecule has 3 saturated heterocycles. The summed E-state index contributed by atoms with van der Waals surface area (Å²) >= 11 is 0. The Morgan fingerprint density at radius 2 is 1.64 bits per heavy atom. The fraction of sp³-hybridized carbons (Fsp3) is 0.667. The second-order valence-corrected chi connectivity index (χ2v) is 13.0. The second-order valence-electron chi connectivity index (χ2n) is 13.0. The van der Waals surface area contributed by atoms with Crippen molar-refractivity contribution >= 4 is 23.9 Å². The molecular formula is C36H48O11. The molecule has 3 fully saturated rings. The summed E-state index contributed by atoms with van der Waals surface area (Å²) in [6.45, 7) is 4.71. The van der Waals surface area contributed by atoms with E-state index >= 15 is 0 Å². The normalized spacial score (nSPS) is 32.3. The number of allylic oxidation sites excluding steroid dienone is 5. The van der Waals surface area contributed by atoms with E-state index in [9.17, 15) is 19.2 Å². The molecule has 0 unspecified atom stereocenters. The molecule has 0 aromatic rings. The molecule has 0 aromatic carbocycles. The quantitative estimate of drug-likeness (QED) is 0.108. The van der Waals surface area contributed by atoms with Crippen LogP contribution in [0.3, 0.4) is 0 Å². The monoisotopic (exact) mass is 656 g/mol. The second kappa shape index (κ2) is 14.5. The number of esters is 4. The zero-order valence-electron chi connectivity index (χ0n) is 28.2. The maximum Gasteiger partial charge on any atom is 0.334 e. The van der Waals surface area contributed by atoms with E-state index in [0.29, 0.717) is 38.0 Å². The Morgan fingerprint density at radius 3 is 2.30 bits per heavy atom. The van der Waals surface area contributed by atoms with Crippen LogP contribution in [0.25, 0.3) is 0 Å². The highest BCUT2D eigenvalue weighted by atomic mass is 16.8. The van der Waals surface area contributed by atoms with Crippen LogP contribution in [0, 0.1) is 23.2 Å². The van der Waals surface area contributed by atoms with Crippen LogP contribution in [0.15, 0.2) is 47.1 Å². The van der Waals surface area contributed by atoms with Gasteiger partial charge in [0.1, 0.15) is 11.5 Å². The Morgan fingerprint density at radius 1 is 0.936 bits per heavy atom. The molecule has 0 aromatic heterocycles. The van der Waals surface area contributed by atoms with Crippen LogP contribution in [0.1, 0.15) is 78.1 Å². The van der Waals surface area contributed by atoms with E-state index in [1.54, 1.807) is 0 Å². The molecule has 11 nitrogen and oxygen atoms in total. The number of rotatable bonds is 14. The SMILES string of the molecule is C/C=C/CCCCC[C@H]1C=C2[C@@]3(CC(=O)OC)CC(C(=O)OC)=C(C(=O)OC)[C@H]4[C@@H]1C[C@H](C1(CC/C=C/C)OCCO1)O[C@@]24OC3=O. The Kier molecular flexibility index (Phi) is 10.8. The summed E-state index contributed by atoms with van der Waals surface area (Å²) in [6.07, 6.45) is 15.0. The van der Waals surface area contributed by atoms with Crippen LogP contribution >= 0.6 is 0 Å². The van der Waals surface area contributed by atoms with E-state index in [2.05, 4.69) is 6.08 Å². The molecule has 0 amide bonds. The van der Waals surface area contributed by atoms with Crippen molar-refractivity contribution < 1.29 is 52.3 Å². The zero-order valence-corrected chi connectivity index (χ0v) is 28.2. The Labute approximate surface area is 276 Å². The minimum absolute atomic E-state index is 0.0205. The van der Waals surface area contributed by atoms with E-state index in [4.69, 9.17) is 33.2 Å². The third-order valence-corrected chi connectivity index (χ3v) is 10.5. The van der Waals surface area contributed by atoms with Crippen LogP contribution in [0.4, 0.5) is 0 Å². The van der Waals surface area contributed by atoms with Gasteiger partial charge in [-0.2, -0.15) is 0 Å². The molecule has 47 heavy (non-hydrogen) atoms. The molecule has 5 rings (SSSR count). The number of carbonyl (C=O) groups excluding carboxylic acids is 4. The summed E-state index contributed by atoms with van der Waals surface area (Å²) in [5.74, 6) is -7.18. The molecule has 5 bridgehead atoms. The Balaban J connectivity index is 1.71. The smallest absolute Gasteiger partial charge is 0.334 e. The largest absolute Gasteiger partial charge is 0.469 e. The highest BCUT2D eigenvalue weighted by Crippen LogP contribution is 2.67. The molecule has 3 heterocycles. The van der Waals surface area contributed by atoms with E-state index < -0.39 is 59.3 Å². The van der Waals surface area contributed by atoms with Gasteiger partial charge in [0.05, 0.1) is 52.5 Å². The average molecular weight is 657 g/mol. The standard InChI is InChI=1S/C36H48O11/c1-6-8-10-11-12-13-15-23-19-26-34(22-28(37)41-3)21-25(31(38)42-4)29(32(39)43-5)30-24(23)20-27(46-36(26,30)47-33(34)40)35(16-14-9-7-2)44-17-18-45-35/h6-9,19,23-24,27,30H,10-18,20-22H2,1-5H3/b8-6+,9-7+/t23-,24+,27+,30+,34-,36+/m0/s1. The first-order valence-electron chi connectivity index (χ1n) is 16.8.